The SMILES string of the molecule is CCC(C)CN(CC(=O)N1CCc2sccc2C1COc1ccc(C)cc1)C(=O)c1cccs1. The van der Waals surface area contributed by atoms with Gasteiger partial charge < -0.3 is 14.5 Å². The van der Waals surface area contributed by atoms with Gasteiger partial charge >= 0.3 is 0 Å². The molecule has 2 aromatic heterocycles. The van der Waals surface area contributed by atoms with Crippen LogP contribution in [-0.2, 0) is 11.2 Å². The maximum atomic E-state index is 13.6. The first-order chi connectivity index (χ1) is 16.5. The summed E-state index contributed by atoms with van der Waals surface area (Å²) in [5.41, 5.74) is 2.34. The van der Waals surface area contributed by atoms with E-state index in [-0.39, 0.29) is 24.4 Å². The third-order valence-corrected chi connectivity index (χ3v) is 8.27. The molecular weight excluding hydrogens is 464 g/mol. The van der Waals surface area contributed by atoms with Gasteiger partial charge in [0.2, 0.25) is 5.91 Å². The Balaban J connectivity index is 1.52. The van der Waals surface area contributed by atoms with Crippen molar-refractivity contribution in [2.75, 3.05) is 26.2 Å². The van der Waals surface area contributed by atoms with Gasteiger partial charge in [-0.25, -0.2) is 0 Å². The Morgan fingerprint density at radius 1 is 1.15 bits per heavy atom. The molecule has 34 heavy (non-hydrogen) atoms. The third kappa shape index (κ3) is 5.70. The van der Waals surface area contributed by atoms with Crippen LogP contribution in [0.1, 0.15) is 52.0 Å². The van der Waals surface area contributed by atoms with Crippen LogP contribution >= 0.6 is 22.7 Å². The summed E-state index contributed by atoms with van der Waals surface area (Å²) in [7, 11) is 0. The van der Waals surface area contributed by atoms with Crippen LogP contribution in [0, 0.1) is 12.8 Å². The van der Waals surface area contributed by atoms with Crippen LogP contribution in [0.5, 0.6) is 5.75 Å². The second kappa shape index (κ2) is 11.2. The average Bonchev–Trinajstić information content (AvgIpc) is 3.54. The van der Waals surface area contributed by atoms with Crippen molar-refractivity contribution in [2.24, 2.45) is 5.92 Å². The molecule has 7 heteroatoms. The van der Waals surface area contributed by atoms with Crippen molar-refractivity contribution in [2.45, 2.75) is 39.7 Å². The number of hydrogen-bond donors (Lipinski definition) is 0. The van der Waals surface area contributed by atoms with Crippen molar-refractivity contribution in [3.8, 4) is 5.75 Å². The van der Waals surface area contributed by atoms with E-state index in [9.17, 15) is 9.59 Å². The standard InChI is InChI=1S/C27H32N2O3S2/c1-4-19(2)16-28(27(31)25-6-5-14-33-25)17-26(30)29-13-11-24-22(12-15-34-24)23(29)18-32-21-9-7-20(3)8-10-21/h5-10,12,14-15,19,23H,4,11,13,16-18H2,1-3H3. The fraction of sp³-hybridized carbons (Fsp3) is 0.407. The van der Waals surface area contributed by atoms with Crippen molar-refractivity contribution >= 4 is 34.5 Å². The fourth-order valence-corrected chi connectivity index (χ4v) is 5.84. The molecule has 4 rings (SSSR count). The van der Waals surface area contributed by atoms with Gasteiger partial charge in [0, 0.05) is 18.0 Å². The number of hydrogen-bond acceptors (Lipinski definition) is 5. The Morgan fingerprint density at radius 2 is 1.94 bits per heavy atom. The van der Waals surface area contributed by atoms with Gasteiger partial charge in [-0.05, 0) is 59.9 Å². The zero-order valence-electron chi connectivity index (χ0n) is 20.0. The van der Waals surface area contributed by atoms with Crippen LogP contribution in [0.3, 0.4) is 0 Å². The molecule has 0 N–H and O–H groups in total. The molecule has 3 aromatic rings. The van der Waals surface area contributed by atoms with Gasteiger partial charge in [0.05, 0.1) is 10.9 Å². The van der Waals surface area contributed by atoms with E-state index in [1.54, 1.807) is 16.2 Å². The van der Waals surface area contributed by atoms with Crippen LogP contribution in [-0.4, -0.2) is 47.9 Å². The van der Waals surface area contributed by atoms with Gasteiger partial charge in [0.15, 0.2) is 0 Å². The largest absolute Gasteiger partial charge is 0.491 e. The highest BCUT2D eigenvalue weighted by Crippen LogP contribution is 2.34. The second-order valence-corrected chi connectivity index (χ2v) is 10.9. The number of thiophene rings is 2. The first kappa shape index (κ1) is 24.5. The molecule has 0 bridgehead atoms. The molecule has 2 amide bonds. The van der Waals surface area contributed by atoms with E-state index in [1.807, 2.05) is 53.6 Å². The summed E-state index contributed by atoms with van der Waals surface area (Å²) in [6.45, 7) is 7.97. The zero-order valence-corrected chi connectivity index (χ0v) is 21.7. The van der Waals surface area contributed by atoms with Crippen molar-refractivity contribution in [1.29, 1.82) is 0 Å². The normalized spacial score (nSPS) is 16.1. The number of fused-ring (bicyclic) bond motifs is 1. The Kier molecular flexibility index (Phi) is 8.06. The molecule has 2 atom stereocenters. The van der Waals surface area contributed by atoms with E-state index in [0.29, 0.717) is 30.5 Å². The zero-order chi connectivity index (χ0) is 24.1. The van der Waals surface area contributed by atoms with Crippen molar-refractivity contribution < 1.29 is 14.3 Å². The lowest BCUT2D eigenvalue weighted by molar-refractivity contribution is -0.135. The molecule has 180 valence electrons. The second-order valence-electron chi connectivity index (χ2n) is 8.95. The number of benzene rings is 1. The summed E-state index contributed by atoms with van der Waals surface area (Å²) in [5.74, 6) is 1.03. The molecule has 0 spiro atoms. The Morgan fingerprint density at radius 3 is 2.65 bits per heavy atom. The average molecular weight is 497 g/mol. The molecule has 0 aliphatic carbocycles. The highest BCUT2D eigenvalue weighted by atomic mass is 32.1. The molecule has 0 saturated heterocycles. The van der Waals surface area contributed by atoms with Crippen LogP contribution in [0.2, 0.25) is 0 Å². The summed E-state index contributed by atoms with van der Waals surface area (Å²) in [5, 5.41) is 3.99. The molecule has 1 aliphatic rings. The minimum absolute atomic E-state index is 0.0254. The maximum Gasteiger partial charge on any atom is 0.264 e. The quantitative estimate of drug-likeness (QED) is 0.376. The van der Waals surface area contributed by atoms with Gasteiger partial charge in [0.1, 0.15) is 18.9 Å². The highest BCUT2D eigenvalue weighted by molar-refractivity contribution is 7.12. The third-order valence-electron chi connectivity index (χ3n) is 6.42. The van der Waals surface area contributed by atoms with Crippen molar-refractivity contribution in [1.82, 2.24) is 9.80 Å². The number of carbonyl (C=O) groups excluding carboxylic acids is 2. The number of nitrogens with zero attached hydrogens (tertiary/aromatic N) is 2. The molecule has 2 unspecified atom stereocenters. The van der Waals surface area contributed by atoms with E-state index < -0.39 is 0 Å². The monoisotopic (exact) mass is 496 g/mol. The summed E-state index contributed by atoms with van der Waals surface area (Å²) >= 11 is 3.16. The Labute approximate surface area is 210 Å². The number of carbonyl (C=O) groups is 2. The van der Waals surface area contributed by atoms with Crippen LogP contribution in [0.25, 0.3) is 0 Å². The van der Waals surface area contributed by atoms with E-state index in [1.165, 1.54) is 21.8 Å². The van der Waals surface area contributed by atoms with Gasteiger partial charge in [-0.3, -0.25) is 9.59 Å². The van der Waals surface area contributed by atoms with E-state index in [4.69, 9.17) is 4.74 Å². The number of rotatable bonds is 9. The van der Waals surface area contributed by atoms with E-state index in [0.717, 1.165) is 24.2 Å². The fourth-order valence-electron chi connectivity index (χ4n) is 4.22. The minimum Gasteiger partial charge on any atom is -0.491 e. The van der Waals surface area contributed by atoms with Crippen LogP contribution < -0.4 is 4.74 Å². The van der Waals surface area contributed by atoms with Crippen LogP contribution in [0.15, 0.2) is 53.2 Å². The molecule has 3 heterocycles. The number of amides is 2. The lowest BCUT2D eigenvalue weighted by Crippen LogP contribution is -2.48. The predicted octanol–water partition coefficient (Wildman–Crippen LogP) is 5.81. The summed E-state index contributed by atoms with van der Waals surface area (Å²) in [4.78, 5) is 32.5. The number of ether oxygens (including phenoxy) is 1. The molecule has 5 nitrogen and oxygen atoms in total. The first-order valence-corrected chi connectivity index (χ1v) is 13.6. The molecule has 0 fully saturated rings. The summed E-state index contributed by atoms with van der Waals surface area (Å²) in [6, 6.07) is 13.6. The molecule has 1 aromatic carbocycles. The lowest BCUT2D eigenvalue weighted by atomic mass is 10.00. The molecule has 0 radical (unpaired) electrons. The number of aryl methyl sites for hydroxylation is 1. The summed E-state index contributed by atoms with van der Waals surface area (Å²) in [6.07, 6.45) is 1.79. The minimum atomic E-state index is -0.161. The van der Waals surface area contributed by atoms with E-state index >= 15 is 0 Å². The topological polar surface area (TPSA) is 49.9 Å². The van der Waals surface area contributed by atoms with Crippen LogP contribution in [0.4, 0.5) is 0 Å². The molecule has 0 saturated carbocycles. The summed E-state index contributed by atoms with van der Waals surface area (Å²) < 4.78 is 6.13. The van der Waals surface area contributed by atoms with Gasteiger partial charge in [-0.15, -0.1) is 22.7 Å². The predicted molar refractivity (Wildman–Crippen MR) is 139 cm³/mol. The van der Waals surface area contributed by atoms with Gasteiger partial charge in [0.25, 0.3) is 5.91 Å². The molecular formula is C27H32N2O3S2. The van der Waals surface area contributed by atoms with E-state index in [2.05, 4.69) is 25.3 Å². The molecule has 1 aliphatic heterocycles. The van der Waals surface area contributed by atoms with Gasteiger partial charge in [-0.1, -0.05) is 44.0 Å². The maximum absolute atomic E-state index is 13.6. The van der Waals surface area contributed by atoms with Crippen molar-refractivity contribution in [3.05, 3.63) is 74.1 Å². The smallest absolute Gasteiger partial charge is 0.264 e. The lowest BCUT2D eigenvalue weighted by Gasteiger charge is -2.37. The first-order valence-electron chi connectivity index (χ1n) is 11.8. The van der Waals surface area contributed by atoms with Gasteiger partial charge in [-0.2, -0.15) is 0 Å². The Hall–Kier alpha value is -2.64. The highest BCUT2D eigenvalue weighted by Gasteiger charge is 2.34. The van der Waals surface area contributed by atoms with Crippen molar-refractivity contribution in [3.63, 3.8) is 0 Å². The Bertz CT molecular complexity index is 1090.